The highest BCUT2D eigenvalue weighted by Crippen LogP contribution is 2.49. The molecule has 1 N–H and O–H groups in total. The summed E-state index contributed by atoms with van der Waals surface area (Å²) in [6.45, 7) is 4.11. The Bertz CT molecular complexity index is 488. The summed E-state index contributed by atoms with van der Waals surface area (Å²) in [5.74, 6) is 1.75. The average Bonchev–Trinajstić information content (AvgIpc) is 3.03. The molecule has 1 aromatic carbocycles. The van der Waals surface area contributed by atoms with Gasteiger partial charge >= 0.3 is 0 Å². The van der Waals surface area contributed by atoms with Gasteiger partial charge in [-0.15, -0.1) is 0 Å². The topological polar surface area (TPSA) is 12.0 Å². The van der Waals surface area contributed by atoms with E-state index < -0.39 is 0 Å². The normalized spacial score (nSPS) is 31.5. The van der Waals surface area contributed by atoms with Crippen LogP contribution in [0, 0.1) is 29.4 Å². The van der Waals surface area contributed by atoms with Gasteiger partial charge in [0.25, 0.3) is 0 Å². The van der Waals surface area contributed by atoms with Crippen LogP contribution in [-0.4, -0.2) is 6.04 Å². The number of rotatable bonds is 4. The second-order valence-corrected chi connectivity index (χ2v) is 6.68. The molecule has 2 fully saturated rings. The number of fused-ring (bicyclic) bond motifs is 2. The molecule has 0 heterocycles. The summed E-state index contributed by atoms with van der Waals surface area (Å²) in [4.78, 5) is 0. The van der Waals surface area contributed by atoms with Crippen molar-refractivity contribution in [3.8, 4) is 0 Å². The summed E-state index contributed by atoms with van der Waals surface area (Å²) in [6, 6.07) is 3.90. The van der Waals surface area contributed by atoms with Gasteiger partial charge in [-0.3, -0.25) is 0 Å². The van der Waals surface area contributed by atoms with Crippen molar-refractivity contribution in [1.29, 1.82) is 0 Å². The molecule has 0 aliphatic heterocycles. The van der Waals surface area contributed by atoms with Crippen LogP contribution >= 0.6 is 0 Å². The molecule has 1 aromatic rings. The van der Waals surface area contributed by atoms with Crippen molar-refractivity contribution >= 4 is 0 Å². The number of halogens is 2. The van der Waals surface area contributed by atoms with Crippen molar-refractivity contribution in [3.05, 3.63) is 35.4 Å². The first-order chi connectivity index (χ1) is 9.54. The third-order valence-corrected chi connectivity index (χ3v) is 5.37. The standard InChI is InChI=1S/C17H23F2N/c1-10(15-8-12-3-4-13(15)7-12)20-11(2)16-9-14(18)5-6-17(16)19/h5-6,9-13,15,20H,3-4,7-8H2,1-2H3. The van der Waals surface area contributed by atoms with E-state index in [2.05, 4.69) is 12.2 Å². The third-order valence-electron chi connectivity index (χ3n) is 5.37. The van der Waals surface area contributed by atoms with E-state index in [1.165, 1.54) is 43.9 Å². The molecule has 2 aliphatic carbocycles. The summed E-state index contributed by atoms with van der Waals surface area (Å²) >= 11 is 0. The molecule has 5 atom stereocenters. The summed E-state index contributed by atoms with van der Waals surface area (Å²) < 4.78 is 27.1. The van der Waals surface area contributed by atoms with E-state index in [9.17, 15) is 8.78 Å². The zero-order chi connectivity index (χ0) is 14.3. The van der Waals surface area contributed by atoms with Gasteiger partial charge in [0.05, 0.1) is 0 Å². The molecule has 0 amide bonds. The summed E-state index contributed by atoms with van der Waals surface area (Å²) in [6.07, 6.45) is 5.42. The molecule has 2 aliphatic rings. The van der Waals surface area contributed by atoms with Gasteiger partial charge in [-0.2, -0.15) is 0 Å². The zero-order valence-corrected chi connectivity index (χ0v) is 12.2. The molecular formula is C17H23F2N. The molecule has 3 rings (SSSR count). The maximum absolute atomic E-state index is 13.8. The highest BCUT2D eigenvalue weighted by molar-refractivity contribution is 5.22. The van der Waals surface area contributed by atoms with Crippen molar-refractivity contribution in [2.75, 3.05) is 0 Å². The van der Waals surface area contributed by atoms with Crippen LogP contribution in [0.1, 0.15) is 51.1 Å². The molecule has 0 spiro atoms. The molecule has 1 nitrogen and oxygen atoms in total. The zero-order valence-electron chi connectivity index (χ0n) is 12.2. The first-order valence-electron chi connectivity index (χ1n) is 7.75. The Hall–Kier alpha value is -0.960. The van der Waals surface area contributed by atoms with Crippen LogP contribution in [0.15, 0.2) is 18.2 Å². The van der Waals surface area contributed by atoms with Crippen LogP contribution in [0.5, 0.6) is 0 Å². The van der Waals surface area contributed by atoms with Crippen LogP contribution in [0.2, 0.25) is 0 Å². The lowest BCUT2D eigenvalue weighted by Crippen LogP contribution is -2.38. The van der Waals surface area contributed by atoms with Crippen molar-refractivity contribution < 1.29 is 8.78 Å². The monoisotopic (exact) mass is 279 g/mol. The van der Waals surface area contributed by atoms with Gasteiger partial charge in [0, 0.05) is 17.6 Å². The van der Waals surface area contributed by atoms with Crippen molar-refractivity contribution in [3.63, 3.8) is 0 Å². The van der Waals surface area contributed by atoms with E-state index in [0.29, 0.717) is 17.5 Å². The quantitative estimate of drug-likeness (QED) is 0.859. The molecule has 0 aromatic heterocycles. The Kier molecular flexibility index (Phi) is 3.80. The largest absolute Gasteiger partial charge is 0.307 e. The molecule has 2 bridgehead atoms. The number of hydrogen-bond acceptors (Lipinski definition) is 1. The summed E-state index contributed by atoms with van der Waals surface area (Å²) in [5.41, 5.74) is 0.431. The molecule has 2 saturated carbocycles. The van der Waals surface area contributed by atoms with Gasteiger partial charge in [-0.05, 0) is 69.1 Å². The molecular weight excluding hydrogens is 256 g/mol. The molecule has 0 saturated heterocycles. The van der Waals surface area contributed by atoms with E-state index >= 15 is 0 Å². The predicted molar refractivity (Wildman–Crippen MR) is 76.3 cm³/mol. The van der Waals surface area contributed by atoms with E-state index in [1.807, 2.05) is 6.92 Å². The number of benzene rings is 1. The fraction of sp³-hybridized carbons (Fsp3) is 0.647. The van der Waals surface area contributed by atoms with Gasteiger partial charge in [0.1, 0.15) is 11.6 Å². The predicted octanol–water partition coefficient (Wildman–Crippen LogP) is 4.44. The Morgan fingerprint density at radius 1 is 1.15 bits per heavy atom. The van der Waals surface area contributed by atoms with Crippen LogP contribution in [0.25, 0.3) is 0 Å². The minimum absolute atomic E-state index is 0.153. The average molecular weight is 279 g/mol. The second-order valence-electron chi connectivity index (χ2n) is 6.68. The molecule has 3 heteroatoms. The van der Waals surface area contributed by atoms with Crippen LogP contribution in [-0.2, 0) is 0 Å². The van der Waals surface area contributed by atoms with Crippen LogP contribution in [0.4, 0.5) is 8.78 Å². The lowest BCUT2D eigenvalue weighted by Gasteiger charge is -2.31. The fourth-order valence-corrected chi connectivity index (χ4v) is 4.36. The Morgan fingerprint density at radius 3 is 2.60 bits per heavy atom. The van der Waals surface area contributed by atoms with Crippen molar-refractivity contribution in [2.24, 2.45) is 17.8 Å². The smallest absolute Gasteiger partial charge is 0.128 e. The summed E-state index contributed by atoms with van der Waals surface area (Å²) in [7, 11) is 0. The van der Waals surface area contributed by atoms with Gasteiger partial charge in [-0.25, -0.2) is 8.78 Å². The second kappa shape index (κ2) is 5.44. The minimum atomic E-state index is -0.373. The first-order valence-corrected chi connectivity index (χ1v) is 7.75. The Labute approximate surface area is 119 Å². The van der Waals surface area contributed by atoms with Gasteiger partial charge in [0.2, 0.25) is 0 Å². The van der Waals surface area contributed by atoms with Crippen LogP contribution < -0.4 is 5.32 Å². The highest BCUT2D eigenvalue weighted by Gasteiger charge is 2.41. The van der Waals surface area contributed by atoms with E-state index in [0.717, 1.165) is 11.8 Å². The molecule has 5 unspecified atom stereocenters. The lowest BCUT2D eigenvalue weighted by atomic mass is 9.83. The third kappa shape index (κ3) is 2.60. The maximum Gasteiger partial charge on any atom is 0.128 e. The first kappa shape index (κ1) is 14.0. The number of hydrogen-bond donors (Lipinski definition) is 1. The number of nitrogens with one attached hydrogen (secondary N) is 1. The van der Waals surface area contributed by atoms with Crippen LogP contribution in [0.3, 0.4) is 0 Å². The van der Waals surface area contributed by atoms with Gasteiger partial charge in [0.15, 0.2) is 0 Å². The molecule has 20 heavy (non-hydrogen) atoms. The van der Waals surface area contributed by atoms with E-state index in [-0.39, 0.29) is 17.7 Å². The Balaban J connectivity index is 1.66. The Morgan fingerprint density at radius 2 is 1.95 bits per heavy atom. The van der Waals surface area contributed by atoms with E-state index in [1.54, 1.807) is 0 Å². The fourth-order valence-electron chi connectivity index (χ4n) is 4.36. The molecule has 110 valence electrons. The minimum Gasteiger partial charge on any atom is -0.307 e. The lowest BCUT2D eigenvalue weighted by molar-refractivity contribution is 0.247. The SMILES string of the molecule is CC(NC(C)C1CC2CCC1C2)c1cc(F)ccc1F. The molecule has 0 radical (unpaired) electrons. The summed E-state index contributed by atoms with van der Waals surface area (Å²) in [5, 5.41) is 3.48. The van der Waals surface area contributed by atoms with E-state index in [4.69, 9.17) is 0 Å². The highest BCUT2D eigenvalue weighted by atomic mass is 19.1. The van der Waals surface area contributed by atoms with Gasteiger partial charge in [-0.1, -0.05) is 6.42 Å². The van der Waals surface area contributed by atoms with Crippen molar-refractivity contribution in [1.82, 2.24) is 5.32 Å². The van der Waals surface area contributed by atoms with Crippen molar-refractivity contribution in [2.45, 2.75) is 51.6 Å². The maximum atomic E-state index is 13.8. The van der Waals surface area contributed by atoms with Gasteiger partial charge < -0.3 is 5.32 Å².